The van der Waals surface area contributed by atoms with Crippen LogP contribution in [0, 0.1) is 0 Å². The number of alkyl halides is 3. The zero-order chi connectivity index (χ0) is 11.5. The molecule has 1 N–H and O–H groups in total. The minimum atomic E-state index is -2.47. The van der Waals surface area contributed by atoms with Gasteiger partial charge in [-0.3, -0.25) is 4.79 Å². The Hall–Kier alpha value is -0.230. The summed E-state index contributed by atoms with van der Waals surface area (Å²) in [5, 5.41) is 3.60. The molecule has 3 nitrogen and oxygen atoms in total. The molecule has 0 bridgehead atoms. The van der Waals surface area contributed by atoms with Crippen molar-refractivity contribution in [2.75, 3.05) is 25.1 Å². The van der Waals surface area contributed by atoms with Crippen molar-refractivity contribution < 1.29 is 18.3 Å². The van der Waals surface area contributed by atoms with E-state index >= 15 is 0 Å². The number of nitrogens with one attached hydrogen (secondary N) is 1. The van der Waals surface area contributed by atoms with Crippen molar-refractivity contribution in [1.29, 1.82) is 0 Å². The lowest BCUT2D eigenvalue weighted by molar-refractivity contribution is -0.122. The van der Waals surface area contributed by atoms with E-state index in [0.717, 1.165) is 18.2 Å². The molecule has 0 aliphatic carbocycles. The number of ether oxygens (including phenoxy) is 1. The van der Waals surface area contributed by atoms with Gasteiger partial charge in [-0.2, -0.15) is 0 Å². The predicted octanol–water partition coefficient (Wildman–Crippen LogP) is 1.95. The number of amides is 1. The van der Waals surface area contributed by atoms with E-state index in [9.17, 15) is 13.6 Å². The summed E-state index contributed by atoms with van der Waals surface area (Å²) >= 11 is 3.28. The molecular weight excluding hydrogens is 272 g/mol. The van der Waals surface area contributed by atoms with Crippen LogP contribution in [0.1, 0.15) is 19.3 Å². The number of rotatable bonds is 9. The number of carbonyl (C=O) groups is 1. The van der Waals surface area contributed by atoms with E-state index in [0.29, 0.717) is 6.54 Å². The monoisotopic (exact) mass is 287 g/mol. The predicted molar refractivity (Wildman–Crippen MR) is 57.5 cm³/mol. The first kappa shape index (κ1) is 14.8. The van der Waals surface area contributed by atoms with Crippen molar-refractivity contribution in [2.45, 2.75) is 25.7 Å². The molecule has 90 valence electrons. The summed E-state index contributed by atoms with van der Waals surface area (Å²) in [6.07, 6.45) is -0.412. The molecule has 1 amide bonds. The lowest BCUT2D eigenvalue weighted by atomic mass is 10.3. The lowest BCUT2D eigenvalue weighted by Crippen LogP contribution is -2.25. The Bertz CT molecular complexity index is 170. The number of unbranched alkanes of at least 4 members (excludes halogenated alkanes) is 1. The van der Waals surface area contributed by atoms with Gasteiger partial charge in [0.15, 0.2) is 0 Å². The molecule has 0 radical (unpaired) electrons. The Balaban J connectivity index is 3.19. The van der Waals surface area contributed by atoms with Crippen LogP contribution in [0.2, 0.25) is 0 Å². The van der Waals surface area contributed by atoms with Crippen LogP contribution in [0.3, 0.4) is 0 Å². The van der Waals surface area contributed by atoms with E-state index in [1.54, 1.807) is 0 Å². The fourth-order valence-corrected chi connectivity index (χ4v) is 1.27. The standard InChI is InChI=1S/C9H16BrF2NO2/c10-4-1-2-5-13-9(14)3-6-15-7-8(11)12/h8H,1-7H2,(H,13,14). The highest BCUT2D eigenvalue weighted by Crippen LogP contribution is 1.94. The second kappa shape index (κ2) is 10.3. The van der Waals surface area contributed by atoms with Gasteiger partial charge in [-0.05, 0) is 12.8 Å². The minimum absolute atomic E-state index is 0.0502. The maximum atomic E-state index is 11.6. The third kappa shape index (κ3) is 11.7. The summed E-state index contributed by atoms with van der Waals surface area (Å²) in [5.74, 6) is -0.154. The maximum absolute atomic E-state index is 11.6. The topological polar surface area (TPSA) is 38.3 Å². The molecule has 0 saturated carbocycles. The van der Waals surface area contributed by atoms with E-state index in [-0.39, 0.29) is 18.9 Å². The van der Waals surface area contributed by atoms with Gasteiger partial charge in [0.2, 0.25) is 5.91 Å². The molecule has 0 unspecified atom stereocenters. The quantitative estimate of drug-likeness (QED) is 0.520. The first-order chi connectivity index (χ1) is 7.16. The van der Waals surface area contributed by atoms with Crippen molar-refractivity contribution in [3.8, 4) is 0 Å². The van der Waals surface area contributed by atoms with Crippen LogP contribution < -0.4 is 5.32 Å². The number of hydrogen-bond donors (Lipinski definition) is 1. The summed E-state index contributed by atoms with van der Waals surface area (Å²) in [5.41, 5.74) is 0. The van der Waals surface area contributed by atoms with E-state index < -0.39 is 13.0 Å². The Morgan fingerprint density at radius 3 is 2.73 bits per heavy atom. The van der Waals surface area contributed by atoms with E-state index in [4.69, 9.17) is 0 Å². The summed E-state index contributed by atoms with van der Waals surface area (Å²) in [6, 6.07) is 0. The fourth-order valence-electron chi connectivity index (χ4n) is 0.873. The van der Waals surface area contributed by atoms with Gasteiger partial charge in [0.25, 0.3) is 6.43 Å². The molecule has 6 heteroatoms. The van der Waals surface area contributed by atoms with Crippen LogP contribution in [-0.2, 0) is 9.53 Å². The third-order valence-electron chi connectivity index (χ3n) is 1.60. The van der Waals surface area contributed by atoms with Crippen LogP contribution in [-0.4, -0.2) is 37.4 Å². The average molecular weight is 288 g/mol. The molecule has 0 atom stereocenters. The van der Waals surface area contributed by atoms with Gasteiger partial charge >= 0.3 is 0 Å². The van der Waals surface area contributed by atoms with E-state index in [2.05, 4.69) is 26.0 Å². The molecule has 0 aliphatic rings. The summed E-state index contributed by atoms with van der Waals surface area (Å²) in [4.78, 5) is 11.1. The second-order valence-electron chi connectivity index (χ2n) is 2.96. The number of carbonyl (C=O) groups excluding carboxylic acids is 1. The number of hydrogen-bond acceptors (Lipinski definition) is 2. The maximum Gasteiger partial charge on any atom is 0.261 e. The molecule has 0 aromatic carbocycles. The Kier molecular flexibility index (Phi) is 10.1. The van der Waals surface area contributed by atoms with Gasteiger partial charge in [-0.1, -0.05) is 15.9 Å². The summed E-state index contributed by atoms with van der Waals surface area (Å²) < 4.78 is 27.8. The van der Waals surface area contributed by atoms with Gasteiger partial charge in [0.1, 0.15) is 6.61 Å². The molecule has 0 aromatic rings. The van der Waals surface area contributed by atoms with Crippen molar-refractivity contribution in [3.05, 3.63) is 0 Å². The van der Waals surface area contributed by atoms with Gasteiger partial charge in [-0.25, -0.2) is 8.78 Å². The second-order valence-corrected chi connectivity index (χ2v) is 3.76. The van der Waals surface area contributed by atoms with E-state index in [1.165, 1.54) is 0 Å². The highest BCUT2D eigenvalue weighted by atomic mass is 79.9. The molecule has 0 fully saturated rings. The smallest absolute Gasteiger partial charge is 0.261 e. The summed E-state index contributed by atoms with van der Waals surface area (Å²) in [6.45, 7) is 0.0742. The third-order valence-corrected chi connectivity index (χ3v) is 2.16. The zero-order valence-electron chi connectivity index (χ0n) is 8.48. The molecule has 0 rings (SSSR count). The fraction of sp³-hybridized carbons (Fsp3) is 0.889. The molecule has 0 aromatic heterocycles. The first-order valence-corrected chi connectivity index (χ1v) is 5.97. The highest BCUT2D eigenvalue weighted by molar-refractivity contribution is 9.09. The van der Waals surface area contributed by atoms with Crippen LogP contribution in [0.4, 0.5) is 8.78 Å². The van der Waals surface area contributed by atoms with Gasteiger partial charge in [0.05, 0.1) is 6.61 Å². The largest absolute Gasteiger partial charge is 0.375 e. The normalized spacial score (nSPS) is 10.7. The molecule has 0 saturated heterocycles. The molecular formula is C9H16BrF2NO2. The first-order valence-electron chi connectivity index (χ1n) is 4.85. The van der Waals surface area contributed by atoms with Crippen molar-refractivity contribution in [2.24, 2.45) is 0 Å². The van der Waals surface area contributed by atoms with Gasteiger partial charge in [-0.15, -0.1) is 0 Å². The molecule has 0 heterocycles. The van der Waals surface area contributed by atoms with Crippen LogP contribution in [0.5, 0.6) is 0 Å². The minimum Gasteiger partial charge on any atom is -0.375 e. The van der Waals surface area contributed by atoms with Crippen LogP contribution in [0.25, 0.3) is 0 Å². The van der Waals surface area contributed by atoms with E-state index in [1.807, 2.05) is 0 Å². The Morgan fingerprint density at radius 1 is 1.40 bits per heavy atom. The molecule has 15 heavy (non-hydrogen) atoms. The van der Waals surface area contributed by atoms with Crippen molar-refractivity contribution in [1.82, 2.24) is 5.32 Å². The summed E-state index contributed by atoms with van der Waals surface area (Å²) in [7, 11) is 0. The SMILES string of the molecule is O=C(CCOCC(F)F)NCCCCBr. The molecule has 0 spiro atoms. The Morgan fingerprint density at radius 2 is 2.13 bits per heavy atom. The average Bonchev–Trinajstić information content (AvgIpc) is 2.19. The Labute approximate surface area is 96.7 Å². The zero-order valence-corrected chi connectivity index (χ0v) is 10.1. The van der Waals surface area contributed by atoms with Crippen LogP contribution >= 0.6 is 15.9 Å². The highest BCUT2D eigenvalue weighted by Gasteiger charge is 2.04. The van der Waals surface area contributed by atoms with Crippen LogP contribution in [0.15, 0.2) is 0 Å². The van der Waals surface area contributed by atoms with Gasteiger partial charge < -0.3 is 10.1 Å². The lowest BCUT2D eigenvalue weighted by Gasteiger charge is -2.05. The number of halogens is 3. The van der Waals surface area contributed by atoms with Gasteiger partial charge in [0, 0.05) is 18.3 Å². The van der Waals surface area contributed by atoms with Crippen molar-refractivity contribution in [3.63, 3.8) is 0 Å². The van der Waals surface area contributed by atoms with Crippen molar-refractivity contribution >= 4 is 21.8 Å². The molecule has 0 aliphatic heterocycles.